The fourth-order valence-corrected chi connectivity index (χ4v) is 2.32. The highest BCUT2D eigenvalue weighted by molar-refractivity contribution is 7.15. The second-order valence-electron chi connectivity index (χ2n) is 3.65. The van der Waals surface area contributed by atoms with E-state index >= 15 is 0 Å². The predicted molar refractivity (Wildman–Crippen MR) is 67.9 cm³/mol. The minimum atomic E-state index is -0.539. The maximum atomic E-state index is 11.1. The summed E-state index contributed by atoms with van der Waals surface area (Å²) in [6.07, 6.45) is 1.56. The summed E-state index contributed by atoms with van der Waals surface area (Å²) in [5.74, 6) is 0.172. The van der Waals surface area contributed by atoms with Crippen LogP contribution in [0.15, 0.2) is 35.8 Å². The van der Waals surface area contributed by atoms with Crippen molar-refractivity contribution >= 4 is 22.1 Å². The Labute approximate surface area is 110 Å². The van der Waals surface area contributed by atoms with Crippen molar-refractivity contribution in [3.8, 4) is 17.4 Å². The molecule has 3 aromatic rings. The normalized spacial score (nSPS) is 10.7. The SMILES string of the molecule is O=[N+]([O-])c1c(Oc2ccc(O)cc2)nc2sccn12. The molecule has 0 aliphatic heterocycles. The van der Waals surface area contributed by atoms with E-state index in [1.807, 2.05) is 0 Å². The number of nitro groups is 1. The van der Waals surface area contributed by atoms with Gasteiger partial charge >= 0.3 is 11.7 Å². The summed E-state index contributed by atoms with van der Waals surface area (Å²) in [5.41, 5.74) is 0. The molecule has 1 N–H and O–H groups in total. The van der Waals surface area contributed by atoms with Crippen molar-refractivity contribution in [1.82, 2.24) is 9.38 Å². The fraction of sp³-hybridized carbons (Fsp3) is 0. The van der Waals surface area contributed by atoms with Crippen molar-refractivity contribution in [2.24, 2.45) is 0 Å². The summed E-state index contributed by atoms with van der Waals surface area (Å²) in [5, 5.41) is 21.9. The van der Waals surface area contributed by atoms with Crippen LogP contribution in [0.4, 0.5) is 5.82 Å². The number of hydrogen-bond donors (Lipinski definition) is 1. The monoisotopic (exact) mass is 277 g/mol. The summed E-state index contributed by atoms with van der Waals surface area (Å²) >= 11 is 1.28. The van der Waals surface area contributed by atoms with Crippen molar-refractivity contribution in [2.45, 2.75) is 0 Å². The first kappa shape index (κ1) is 11.5. The van der Waals surface area contributed by atoms with E-state index in [1.165, 1.54) is 40.0 Å². The number of rotatable bonds is 3. The number of benzene rings is 1. The van der Waals surface area contributed by atoms with Gasteiger partial charge in [-0.05, 0) is 29.2 Å². The highest BCUT2D eigenvalue weighted by Gasteiger charge is 2.25. The second-order valence-corrected chi connectivity index (χ2v) is 4.52. The van der Waals surface area contributed by atoms with Crippen LogP contribution < -0.4 is 4.74 Å². The minimum absolute atomic E-state index is 0.0671. The molecule has 0 radical (unpaired) electrons. The smallest absolute Gasteiger partial charge is 0.393 e. The maximum absolute atomic E-state index is 11.1. The van der Waals surface area contributed by atoms with Gasteiger partial charge in [-0.25, -0.2) is 0 Å². The van der Waals surface area contributed by atoms with Gasteiger partial charge < -0.3 is 20.0 Å². The molecule has 2 aromatic heterocycles. The van der Waals surface area contributed by atoms with E-state index in [1.54, 1.807) is 11.6 Å². The molecule has 0 saturated heterocycles. The van der Waals surface area contributed by atoms with Crippen molar-refractivity contribution in [3.63, 3.8) is 0 Å². The summed E-state index contributed by atoms with van der Waals surface area (Å²) in [6, 6.07) is 5.87. The first-order valence-corrected chi connectivity index (χ1v) is 6.10. The number of ether oxygens (including phenoxy) is 1. The Morgan fingerprint density at radius 1 is 1.37 bits per heavy atom. The van der Waals surface area contributed by atoms with Crippen molar-refractivity contribution in [3.05, 3.63) is 46.0 Å². The lowest BCUT2D eigenvalue weighted by Crippen LogP contribution is -1.95. The predicted octanol–water partition coefficient (Wildman–Crippen LogP) is 2.80. The van der Waals surface area contributed by atoms with E-state index in [9.17, 15) is 10.1 Å². The van der Waals surface area contributed by atoms with E-state index in [4.69, 9.17) is 9.84 Å². The van der Waals surface area contributed by atoms with E-state index < -0.39 is 4.92 Å². The van der Waals surface area contributed by atoms with Crippen LogP contribution in [-0.2, 0) is 0 Å². The first-order valence-electron chi connectivity index (χ1n) is 5.22. The Hall–Kier alpha value is -2.61. The zero-order valence-corrected chi connectivity index (χ0v) is 10.2. The standard InChI is InChI=1S/C11H7N3O4S/c15-7-1-3-8(4-2-7)18-9-10(14(16)17)13-5-6-19-11(13)12-9/h1-6,15H. The van der Waals surface area contributed by atoms with Crippen molar-refractivity contribution in [1.29, 1.82) is 0 Å². The Balaban J connectivity index is 2.04. The van der Waals surface area contributed by atoms with E-state index in [0.717, 1.165) is 0 Å². The molecule has 0 saturated carbocycles. The van der Waals surface area contributed by atoms with E-state index in [-0.39, 0.29) is 17.4 Å². The van der Waals surface area contributed by atoms with E-state index in [2.05, 4.69) is 4.98 Å². The molecule has 0 amide bonds. The molecule has 19 heavy (non-hydrogen) atoms. The largest absolute Gasteiger partial charge is 0.508 e. The Kier molecular flexibility index (Phi) is 2.57. The molecule has 3 rings (SSSR count). The number of phenolic OH excluding ortho intramolecular Hbond substituents is 1. The molecule has 0 unspecified atom stereocenters. The Morgan fingerprint density at radius 2 is 2.11 bits per heavy atom. The number of aromatic nitrogens is 2. The van der Waals surface area contributed by atoms with E-state index in [0.29, 0.717) is 10.7 Å². The first-order chi connectivity index (χ1) is 9.15. The van der Waals surface area contributed by atoms with Crippen molar-refractivity contribution < 1.29 is 14.8 Å². The summed E-state index contributed by atoms with van der Waals surface area (Å²) < 4.78 is 6.75. The topological polar surface area (TPSA) is 89.9 Å². The van der Waals surface area contributed by atoms with Gasteiger partial charge in [-0.2, -0.15) is 9.38 Å². The Bertz CT molecular complexity index is 747. The minimum Gasteiger partial charge on any atom is -0.508 e. The van der Waals surface area contributed by atoms with Crippen LogP contribution in [0.1, 0.15) is 0 Å². The van der Waals surface area contributed by atoms with Crippen LogP contribution >= 0.6 is 11.3 Å². The van der Waals surface area contributed by atoms with Crippen LogP contribution in [-0.4, -0.2) is 19.4 Å². The van der Waals surface area contributed by atoms with Gasteiger partial charge in [0.2, 0.25) is 0 Å². The van der Waals surface area contributed by atoms with Gasteiger partial charge in [0, 0.05) is 5.38 Å². The third-order valence-electron chi connectivity index (χ3n) is 2.43. The molecular weight excluding hydrogens is 270 g/mol. The number of nitrogens with zero attached hydrogens (tertiary/aromatic N) is 3. The Morgan fingerprint density at radius 3 is 2.79 bits per heavy atom. The number of imidazole rings is 1. The zero-order valence-electron chi connectivity index (χ0n) is 9.39. The van der Waals surface area contributed by atoms with Crippen LogP contribution in [0.2, 0.25) is 0 Å². The number of phenols is 1. The molecule has 8 heteroatoms. The molecular formula is C11H7N3O4S. The summed E-state index contributed by atoms with van der Waals surface area (Å²) in [4.78, 5) is 15.1. The van der Waals surface area contributed by atoms with Gasteiger partial charge in [0.25, 0.3) is 4.96 Å². The molecule has 0 atom stereocenters. The van der Waals surface area contributed by atoms with Gasteiger partial charge in [0.05, 0.1) is 0 Å². The van der Waals surface area contributed by atoms with Gasteiger partial charge in [-0.3, -0.25) is 0 Å². The number of hydrogen-bond acceptors (Lipinski definition) is 6. The fourth-order valence-electron chi connectivity index (χ4n) is 1.61. The number of thiazole rings is 1. The van der Waals surface area contributed by atoms with Gasteiger partial charge in [-0.15, -0.1) is 0 Å². The van der Waals surface area contributed by atoms with Gasteiger partial charge in [0.1, 0.15) is 17.7 Å². The maximum Gasteiger partial charge on any atom is 0.393 e. The highest BCUT2D eigenvalue weighted by atomic mass is 32.1. The molecule has 0 fully saturated rings. The average molecular weight is 277 g/mol. The number of aromatic hydroxyl groups is 1. The third-order valence-corrected chi connectivity index (χ3v) is 3.19. The zero-order chi connectivity index (χ0) is 13.4. The number of fused-ring (bicyclic) bond motifs is 1. The lowest BCUT2D eigenvalue weighted by Gasteiger charge is -2.02. The molecule has 0 bridgehead atoms. The molecule has 96 valence electrons. The van der Waals surface area contributed by atoms with Crippen LogP contribution in [0, 0.1) is 10.1 Å². The van der Waals surface area contributed by atoms with Crippen LogP contribution in [0.3, 0.4) is 0 Å². The second kappa shape index (κ2) is 4.25. The lowest BCUT2D eigenvalue weighted by molar-refractivity contribution is -0.391. The average Bonchev–Trinajstić information content (AvgIpc) is 2.91. The molecule has 0 aliphatic rings. The molecule has 1 aromatic carbocycles. The van der Waals surface area contributed by atoms with Crippen molar-refractivity contribution in [2.75, 3.05) is 0 Å². The summed E-state index contributed by atoms with van der Waals surface area (Å²) in [6.45, 7) is 0. The highest BCUT2D eigenvalue weighted by Crippen LogP contribution is 2.33. The summed E-state index contributed by atoms with van der Waals surface area (Å²) in [7, 11) is 0. The molecule has 2 heterocycles. The quantitative estimate of drug-likeness (QED) is 0.587. The lowest BCUT2D eigenvalue weighted by atomic mass is 10.3. The third kappa shape index (κ3) is 1.97. The van der Waals surface area contributed by atoms with Crippen LogP contribution in [0.25, 0.3) is 4.96 Å². The van der Waals surface area contributed by atoms with Crippen LogP contribution in [0.5, 0.6) is 17.4 Å². The van der Waals surface area contributed by atoms with Gasteiger partial charge in [-0.1, -0.05) is 11.3 Å². The molecule has 0 aliphatic carbocycles. The van der Waals surface area contributed by atoms with Gasteiger partial charge in [0.15, 0.2) is 0 Å². The molecule has 7 nitrogen and oxygen atoms in total. The molecule has 0 spiro atoms.